The highest BCUT2D eigenvalue weighted by atomic mass is 35.5. The molecule has 0 aliphatic carbocycles. The third kappa shape index (κ3) is 4.29. The Morgan fingerprint density at radius 3 is 2.65 bits per heavy atom. The van der Waals surface area contributed by atoms with Crippen LogP contribution in [0.15, 0.2) is 53.4 Å². The third-order valence-electron chi connectivity index (χ3n) is 2.82. The van der Waals surface area contributed by atoms with Crippen molar-refractivity contribution in [2.24, 2.45) is 0 Å². The first-order valence-electron chi connectivity index (χ1n) is 6.21. The lowest BCUT2D eigenvalue weighted by molar-refractivity contribution is -0.139. The van der Waals surface area contributed by atoms with Gasteiger partial charge in [-0.25, -0.2) is 0 Å². The Labute approximate surface area is 128 Å². The van der Waals surface area contributed by atoms with Gasteiger partial charge in [0.15, 0.2) is 0 Å². The molecule has 104 valence electrons. The fraction of sp³-hybridized carbons (Fsp3) is 0.188. The van der Waals surface area contributed by atoms with Gasteiger partial charge in [0.25, 0.3) is 0 Å². The van der Waals surface area contributed by atoms with E-state index < -0.39 is 0 Å². The minimum atomic E-state index is -0.256. The summed E-state index contributed by atoms with van der Waals surface area (Å²) in [7, 11) is 1.39. The van der Waals surface area contributed by atoms with Gasteiger partial charge in [-0.2, -0.15) is 0 Å². The molecule has 0 aliphatic rings. The van der Waals surface area contributed by atoms with Gasteiger partial charge in [-0.15, -0.1) is 11.8 Å². The lowest BCUT2D eigenvalue weighted by Crippen LogP contribution is -2.05. The average Bonchev–Trinajstić information content (AvgIpc) is 2.47. The standard InChI is InChI=1S/C16H15ClO2S/c1-19-16(18)10-13-9-14(17)7-8-15(13)20-11-12-5-3-2-4-6-12/h2-9H,10-11H2,1H3. The Morgan fingerprint density at radius 2 is 1.95 bits per heavy atom. The molecule has 2 aromatic carbocycles. The number of hydrogen-bond acceptors (Lipinski definition) is 3. The molecule has 4 heteroatoms. The molecule has 0 fully saturated rings. The number of ether oxygens (including phenoxy) is 1. The fourth-order valence-corrected chi connectivity index (χ4v) is 2.98. The summed E-state index contributed by atoms with van der Waals surface area (Å²) in [4.78, 5) is 12.5. The van der Waals surface area contributed by atoms with Crippen LogP contribution >= 0.6 is 23.4 Å². The smallest absolute Gasteiger partial charge is 0.310 e. The highest BCUT2D eigenvalue weighted by molar-refractivity contribution is 7.98. The highest BCUT2D eigenvalue weighted by Gasteiger charge is 2.09. The van der Waals surface area contributed by atoms with Crippen LogP contribution in [-0.2, 0) is 21.7 Å². The number of thioether (sulfide) groups is 1. The maximum Gasteiger partial charge on any atom is 0.310 e. The van der Waals surface area contributed by atoms with Crippen LogP contribution in [0.2, 0.25) is 5.02 Å². The molecule has 0 radical (unpaired) electrons. The van der Waals surface area contributed by atoms with Crippen LogP contribution in [0.1, 0.15) is 11.1 Å². The minimum Gasteiger partial charge on any atom is -0.469 e. The van der Waals surface area contributed by atoms with Crippen molar-refractivity contribution in [1.82, 2.24) is 0 Å². The van der Waals surface area contributed by atoms with E-state index in [9.17, 15) is 4.79 Å². The van der Waals surface area contributed by atoms with Crippen LogP contribution in [0.5, 0.6) is 0 Å². The topological polar surface area (TPSA) is 26.3 Å². The molecule has 0 amide bonds. The van der Waals surface area contributed by atoms with Crippen LogP contribution in [-0.4, -0.2) is 13.1 Å². The largest absolute Gasteiger partial charge is 0.469 e. The summed E-state index contributed by atoms with van der Waals surface area (Å²) in [5.74, 6) is 0.602. The van der Waals surface area contributed by atoms with Crippen molar-refractivity contribution in [2.45, 2.75) is 17.1 Å². The second-order valence-corrected chi connectivity index (χ2v) is 5.73. The molecule has 0 heterocycles. The van der Waals surface area contributed by atoms with Gasteiger partial charge in [-0.05, 0) is 29.3 Å². The van der Waals surface area contributed by atoms with Crippen molar-refractivity contribution >= 4 is 29.3 Å². The van der Waals surface area contributed by atoms with Crippen molar-refractivity contribution in [3.05, 3.63) is 64.7 Å². The van der Waals surface area contributed by atoms with Gasteiger partial charge >= 0.3 is 5.97 Å². The first-order valence-corrected chi connectivity index (χ1v) is 7.57. The van der Waals surface area contributed by atoms with E-state index in [0.717, 1.165) is 16.2 Å². The van der Waals surface area contributed by atoms with Gasteiger partial charge < -0.3 is 4.74 Å². The highest BCUT2D eigenvalue weighted by Crippen LogP contribution is 2.29. The number of rotatable bonds is 5. The summed E-state index contributed by atoms with van der Waals surface area (Å²) < 4.78 is 4.72. The molecular formula is C16H15ClO2S. The molecular weight excluding hydrogens is 292 g/mol. The molecule has 2 aromatic rings. The van der Waals surface area contributed by atoms with Gasteiger partial charge in [-0.1, -0.05) is 41.9 Å². The van der Waals surface area contributed by atoms with Crippen LogP contribution in [0.3, 0.4) is 0 Å². The van der Waals surface area contributed by atoms with Crippen LogP contribution < -0.4 is 0 Å². The molecule has 20 heavy (non-hydrogen) atoms. The number of carbonyl (C=O) groups is 1. The van der Waals surface area contributed by atoms with Gasteiger partial charge in [-0.3, -0.25) is 4.79 Å². The van der Waals surface area contributed by atoms with E-state index in [1.165, 1.54) is 12.7 Å². The normalized spacial score (nSPS) is 10.3. The predicted molar refractivity (Wildman–Crippen MR) is 83.2 cm³/mol. The quantitative estimate of drug-likeness (QED) is 0.607. The number of benzene rings is 2. The summed E-state index contributed by atoms with van der Waals surface area (Å²) in [6, 6.07) is 15.8. The summed E-state index contributed by atoms with van der Waals surface area (Å²) in [5, 5.41) is 0.632. The summed E-state index contributed by atoms with van der Waals surface area (Å²) >= 11 is 7.69. The number of methoxy groups -OCH3 is 1. The number of esters is 1. The molecule has 0 atom stereocenters. The number of hydrogen-bond donors (Lipinski definition) is 0. The Morgan fingerprint density at radius 1 is 1.20 bits per heavy atom. The molecule has 0 spiro atoms. The van der Waals surface area contributed by atoms with E-state index in [4.69, 9.17) is 16.3 Å². The molecule has 0 saturated carbocycles. The lowest BCUT2D eigenvalue weighted by atomic mass is 10.1. The Bertz CT molecular complexity index is 584. The van der Waals surface area contributed by atoms with Gasteiger partial charge in [0, 0.05) is 15.7 Å². The number of halogens is 1. The number of carbonyl (C=O) groups excluding carboxylic acids is 1. The van der Waals surface area contributed by atoms with Crippen molar-refractivity contribution in [3.8, 4) is 0 Å². The van der Waals surface area contributed by atoms with Crippen LogP contribution in [0.25, 0.3) is 0 Å². The Balaban J connectivity index is 2.12. The van der Waals surface area contributed by atoms with E-state index in [2.05, 4.69) is 12.1 Å². The van der Waals surface area contributed by atoms with Crippen LogP contribution in [0.4, 0.5) is 0 Å². The first-order chi connectivity index (χ1) is 9.69. The van der Waals surface area contributed by atoms with Crippen molar-refractivity contribution in [2.75, 3.05) is 7.11 Å². The average molecular weight is 307 g/mol. The monoisotopic (exact) mass is 306 g/mol. The zero-order valence-electron chi connectivity index (χ0n) is 11.1. The van der Waals surface area contributed by atoms with E-state index in [-0.39, 0.29) is 12.4 Å². The predicted octanol–water partition coefficient (Wildman–Crippen LogP) is 4.35. The maximum absolute atomic E-state index is 11.4. The Kier molecular flexibility index (Phi) is 5.50. The molecule has 2 nitrogen and oxygen atoms in total. The second kappa shape index (κ2) is 7.36. The zero-order chi connectivity index (χ0) is 14.4. The summed E-state index contributed by atoms with van der Waals surface area (Å²) in [5.41, 5.74) is 2.15. The summed E-state index contributed by atoms with van der Waals surface area (Å²) in [6.45, 7) is 0. The molecule has 0 aliphatic heterocycles. The lowest BCUT2D eigenvalue weighted by Gasteiger charge is -2.09. The van der Waals surface area contributed by atoms with Gasteiger partial charge in [0.2, 0.25) is 0 Å². The molecule has 0 unspecified atom stereocenters. The maximum atomic E-state index is 11.4. The summed E-state index contributed by atoms with van der Waals surface area (Å²) in [6.07, 6.45) is 0.244. The van der Waals surface area contributed by atoms with E-state index in [1.807, 2.05) is 36.4 Å². The third-order valence-corrected chi connectivity index (χ3v) is 4.24. The molecule has 0 aromatic heterocycles. The van der Waals surface area contributed by atoms with Crippen molar-refractivity contribution in [3.63, 3.8) is 0 Å². The van der Waals surface area contributed by atoms with E-state index in [0.29, 0.717) is 5.02 Å². The van der Waals surface area contributed by atoms with Crippen molar-refractivity contribution < 1.29 is 9.53 Å². The molecule has 2 rings (SSSR count). The molecule has 0 bridgehead atoms. The minimum absolute atomic E-state index is 0.244. The first kappa shape index (κ1) is 14.9. The fourth-order valence-electron chi connectivity index (χ4n) is 1.79. The molecule has 0 N–H and O–H groups in total. The Hall–Kier alpha value is -1.45. The SMILES string of the molecule is COC(=O)Cc1cc(Cl)ccc1SCc1ccccc1. The second-order valence-electron chi connectivity index (χ2n) is 4.28. The molecule has 0 saturated heterocycles. The van der Waals surface area contributed by atoms with Gasteiger partial charge in [0.05, 0.1) is 13.5 Å². The van der Waals surface area contributed by atoms with Gasteiger partial charge in [0.1, 0.15) is 0 Å². The van der Waals surface area contributed by atoms with E-state index in [1.54, 1.807) is 11.8 Å². The van der Waals surface area contributed by atoms with Crippen molar-refractivity contribution in [1.29, 1.82) is 0 Å². The van der Waals surface area contributed by atoms with Crippen LogP contribution in [0, 0.1) is 0 Å². The van der Waals surface area contributed by atoms with E-state index >= 15 is 0 Å². The zero-order valence-corrected chi connectivity index (χ0v) is 12.7.